The van der Waals surface area contributed by atoms with Crippen LogP contribution in [0.15, 0.2) is 48.5 Å². The van der Waals surface area contributed by atoms with E-state index in [-0.39, 0.29) is 11.8 Å². The maximum absolute atomic E-state index is 12.5. The Labute approximate surface area is 131 Å². The minimum absolute atomic E-state index is 0.262. The fourth-order valence-corrected chi connectivity index (χ4v) is 3.65. The highest BCUT2D eigenvalue weighted by Gasteiger charge is 2.18. The second kappa shape index (κ2) is 5.13. The molecule has 0 spiro atoms. The lowest BCUT2D eigenvalue weighted by molar-refractivity contribution is 0.555. The van der Waals surface area contributed by atoms with Crippen molar-refractivity contribution in [1.82, 2.24) is 30.0 Å². The topological polar surface area (TPSA) is 95.6 Å². The van der Waals surface area contributed by atoms with Crippen LogP contribution < -0.4 is 0 Å². The summed E-state index contributed by atoms with van der Waals surface area (Å²) in [7, 11) is -3.49. The number of hydrogen-bond acceptors (Lipinski definition) is 6. The zero-order valence-corrected chi connectivity index (χ0v) is 12.8. The normalized spacial score (nSPS) is 12.2. The van der Waals surface area contributed by atoms with Gasteiger partial charge in [-0.2, -0.15) is 0 Å². The van der Waals surface area contributed by atoms with Crippen molar-refractivity contribution >= 4 is 31.9 Å². The molecule has 116 valence electrons. The van der Waals surface area contributed by atoms with Gasteiger partial charge in [0.15, 0.2) is 9.84 Å². The van der Waals surface area contributed by atoms with E-state index in [2.05, 4.69) is 20.6 Å². The Morgan fingerprint density at radius 3 is 1.65 bits per heavy atom. The molecule has 2 aromatic carbocycles. The van der Waals surface area contributed by atoms with Crippen molar-refractivity contribution in [3.05, 3.63) is 48.5 Å². The summed E-state index contributed by atoms with van der Waals surface area (Å²) in [5.74, 6) is -0.524. The number of hydrogen-bond donors (Lipinski definition) is 0. The fraction of sp³-hybridized carbons (Fsp3) is 0.143. The van der Waals surface area contributed by atoms with Crippen LogP contribution in [0.1, 0.15) is 0 Å². The number of sulfone groups is 1. The summed E-state index contributed by atoms with van der Waals surface area (Å²) in [5, 5.41) is 15.8. The number of benzene rings is 2. The van der Waals surface area contributed by atoms with Crippen LogP contribution in [0.2, 0.25) is 0 Å². The van der Waals surface area contributed by atoms with Crippen LogP contribution in [0, 0.1) is 0 Å². The van der Waals surface area contributed by atoms with Gasteiger partial charge in [0.05, 0.1) is 11.0 Å². The van der Waals surface area contributed by atoms with E-state index in [1.54, 1.807) is 24.3 Å². The molecule has 0 N–H and O–H groups in total. The molecule has 0 fully saturated rings. The first-order valence-corrected chi connectivity index (χ1v) is 8.71. The molecule has 0 aliphatic heterocycles. The summed E-state index contributed by atoms with van der Waals surface area (Å²) in [6.45, 7) is 0. The second-order valence-corrected chi connectivity index (χ2v) is 7.16. The van der Waals surface area contributed by atoms with Crippen molar-refractivity contribution in [3.8, 4) is 0 Å². The average Bonchev–Trinajstić information content (AvgIpc) is 3.12. The summed E-state index contributed by atoms with van der Waals surface area (Å²) < 4.78 is 27.7. The fourth-order valence-electron chi connectivity index (χ4n) is 2.44. The molecule has 0 amide bonds. The molecule has 0 unspecified atom stereocenters. The minimum atomic E-state index is -3.49. The summed E-state index contributed by atoms with van der Waals surface area (Å²) in [6.07, 6.45) is 0. The molecule has 0 bridgehead atoms. The highest BCUT2D eigenvalue weighted by atomic mass is 32.2. The molecule has 4 rings (SSSR count). The number of fused-ring (bicyclic) bond motifs is 2. The number of nitrogens with zero attached hydrogens (tertiary/aromatic N) is 6. The van der Waals surface area contributed by atoms with Crippen LogP contribution in [-0.2, 0) is 21.6 Å². The smallest absolute Gasteiger partial charge is 0.190 e. The predicted octanol–water partition coefficient (Wildman–Crippen LogP) is 1.21. The van der Waals surface area contributed by atoms with Gasteiger partial charge >= 0.3 is 0 Å². The molecule has 0 radical (unpaired) electrons. The van der Waals surface area contributed by atoms with E-state index in [1.807, 2.05) is 24.3 Å². The van der Waals surface area contributed by atoms with E-state index in [0.717, 1.165) is 0 Å². The lowest BCUT2D eigenvalue weighted by Gasteiger charge is -2.05. The zero-order chi connectivity index (χ0) is 15.9. The molecule has 0 saturated heterocycles. The molecular formula is C14H12N6O2S. The summed E-state index contributed by atoms with van der Waals surface area (Å²) in [5.41, 5.74) is 2.68. The van der Waals surface area contributed by atoms with Crippen LogP contribution in [0.4, 0.5) is 0 Å². The molecule has 23 heavy (non-hydrogen) atoms. The Kier molecular flexibility index (Phi) is 3.08. The van der Waals surface area contributed by atoms with Crippen molar-refractivity contribution < 1.29 is 8.42 Å². The van der Waals surface area contributed by atoms with Gasteiger partial charge in [-0.25, -0.2) is 17.8 Å². The van der Waals surface area contributed by atoms with Crippen molar-refractivity contribution in [2.24, 2.45) is 0 Å². The first kappa shape index (κ1) is 13.8. The molecular weight excluding hydrogens is 316 g/mol. The highest BCUT2D eigenvalue weighted by Crippen LogP contribution is 2.14. The molecule has 0 atom stereocenters. The Morgan fingerprint density at radius 1 is 0.739 bits per heavy atom. The van der Waals surface area contributed by atoms with Crippen LogP contribution >= 0.6 is 0 Å². The minimum Gasteiger partial charge on any atom is -0.229 e. The van der Waals surface area contributed by atoms with Crippen molar-refractivity contribution in [1.29, 1.82) is 0 Å². The Morgan fingerprint density at radius 2 is 1.17 bits per heavy atom. The van der Waals surface area contributed by atoms with Gasteiger partial charge in [-0.3, -0.25) is 0 Å². The molecule has 2 heterocycles. The van der Waals surface area contributed by atoms with E-state index >= 15 is 0 Å². The Balaban J connectivity index is 1.66. The van der Waals surface area contributed by atoms with Gasteiger partial charge in [0.25, 0.3) is 0 Å². The third kappa shape index (κ3) is 2.55. The van der Waals surface area contributed by atoms with Gasteiger partial charge in [-0.05, 0) is 24.3 Å². The first-order chi connectivity index (χ1) is 11.1. The van der Waals surface area contributed by atoms with E-state index in [9.17, 15) is 8.42 Å². The molecule has 8 nitrogen and oxygen atoms in total. The quantitative estimate of drug-likeness (QED) is 0.559. The summed E-state index contributed by atoms with van der Waals surface area (Å²) in [6, 6.07) is 14.5. The van der Waals surface area contributed by atoms with Crippen LogP contribution in [0.3, 0.4) is 0 Å². The van der Waals surface area contributed by atoms with Gasteiger partial charge < -0.3 is 0 Å². The van der Waals surface area contributed by atoms with Crippen molar-refractivity contribution in [3.63, 3.8) is 0 Å². The molecule has 0 saturated carbocycles. The largest absolute Gasteiger partial charge is 0.229 e. The maximum Gasteiger partial charge on any atom is 0.190 e. The third-order valence-electron chi connectivity index (χ3n) is 3.48. The highest BCUT2D eigenvalue weighted by molar-refractivity contribution is 7.89. The number of rotatable bonds is 4. The summed E-state index contributed by atoms with van der Waals surface area (Å²) in [4.78, 5) is 0. The Bertz CT molecular complexity index is 1020. The second-order valence-electron chi connectivity index (χ2n) is 5.16. The molecule has 2 aromatic heterocycles. The van der Waals surface area contributed by atoms with Gasteiger partial charge in [-0.1, -0.05) is 34.7 Å². The summed E-state index contributed by atoms with van der Waals surface area (Å²) >= 11 is 0. The maximum atomic E-state index is 12.5. The molecule has 0 aliphatic carbocycles. The van der Waals surface area contributed by atoms with E-state index < -0.39 is 9.84 Å². The molecule has 9 heteroatoms. The predicted molar refractivity (Wildman–Crippen MR) is 84.0 cm³/mol. The average molecular weight is 328 g/mol. The van der Waals surface area contributed by atoms with Crippen molar-refractivity contribution in [2.75, 3.05) is 0 Å². The number of para-hydroxylation sites is 2. The standard InChI is InChI=1S/C14H12N6O2S/c21-23(22,9-19-13-7-3-1-5-11(13)15-17-19)10-20-14-8-4-2-6-12(14)16-18-20/h1-8H,9-10H2. The van der Waals surface area contributed by atoms with Crippen LogP contribution in [-0.4, -0.2) is 38.4 Å². The van der Waals surface area contributed by atoms with E-state index in [0.29, 0.717) is 22.1 Å². The van der Waals surface area contributed by atoms with Gasteiger partial charge in [0.1, 0.15) is 22.8 Å². The lowest BCUT2D eigenvalue weighted by atomic mass is 10.3. The third-order valence-corrected chi connectivity index (χ3v) is 4.75. The first-order valence-electron chi connectivity index (χ1n) is 6.89. The van der Waals surface area contributed by atoms with Gasteiger partial charge in [0.2, 0.25) is 0 Å². The van der Waals surface area contributed by atoms with Crippen LogP contribution in [0.25, 0.3) is 22.1 Å². The molecule has 0 aliphatic rings. The lowest BCUT2D eigenvalue weighted by Crippen LogP contribution is -2.18. The number of aromatic nitrogens is 6. The van der Waals surface area contributed by atoms with Crippen LogP contribution in [0.5, 0.6) is 0 Å². The Hall–Kier alpha value is -2.81. The van der Waals surface area contributed by atoms with E-state index in [4.69, 9.17) is 0 Å². The van der Waals surface area contributed by atoms with Gasteiger partial charge in [0, 0.05) is 0 Å². The zero-order valence-electron chi connectivity index (χ0n) is 11.9. The van der Waals surface area contributed by atoms with E-state index in [1.165, 1.54) is 9.36 Å². The van der Waals surface area contributed by atoms with Gasteiger partial charge in [-0.15, -0.1) is 10.2 Å². The monoisotopic (exact) mass is 328 g/mol. The SMILES string of the molecule is O=S(=O)(Cn1nnc2ccccc21)Cn1nnc2ccccc21. The molecule has 4 aromatic rings. The van der Waals surface area contributed by atoms with Crippen molar-refractivity contribution in [2.45, 2.75) is 11.8 Å².